The summed E-state index contributed by atoms with van der Waals surface area (Å²) in [4.78, 5) is 14.4. The number of amides is 1. The molecule has 0 aromatic heterocycles. The molecule has 0 radical (unpaired) electrons. The number of anilines is 2. The summed E-state index contributed by atoms with van der Waals surface area (Å²) in [5.41, 5.74) is 1.10. The lowest BCUT2D eigenvalue weighted by Gasteiger charge is -2.28. The molecule has 1 aromatic carbocycles. The zero-order chi connectivity index (χ0) is 13.3. The summed E-state index contributed by atoms with van der Waals surface area (Å²) in [5, 5.41) is 12.7. The van der Waals surface area contributed by atoms with Crippen LogP contribution in [0.4, 0.5) is 11.4 Å². The van der Waals surface area contributed by atoms with Crippen molar-refractivity contribution in [3.63, 3.8) is 0 Å². The summed E-state index contributed by atoms with van der Waals surface area (Å²) in [6.07, 6.45) is 0. The third-order valence-electron chi connectivity index (χ3n) is 2.66. The maximum absolute atomic E-state index is 11.4. The van der Waals surface area contributed by atoms with Crippen molar-refractivity contribution >= 4 is 29.0 Å². The summed E-state index contributed by atoms with van der Waals surface area (Å²) in [6, 6.07) is 5.97. The van der Waals surface area contributed by atoms with Crippen LogP contribution in [0, 0.1) is 0 Å². The first-order valence-corrected chi connectivity index (χ1v) is 6.84. The number of likely N-dealkylation sites (N-methyl/N-ethyl adjacent to an activating group) is 1. The Morgan fingerprint density at radius 1 is 1.50 bits per heavy atom. The zero-order valence-electron chi connectivity index (χ0n) is 10.9. The van der Waals surface area contributed by atoms with Gasteiger partial charge in [0.15, 0.2) is 0 Å². The predicted molar refractivity (Wildman–Crippen MR) is 75.4 cm³/mol. The summed E-state index contributed by atoms with van der Waals surface area (Å²) >= 11 is 1.55. The van der Waals surface area contributed by atoms with Crippen molar-refractivity contribution in [1.82, 2.24) is 0 Å². The van der Waals surface area contributed by atoms with Gasteiger partial charge in [-0.1, -0.05) is 0 Å². The first-order valence-electron chi connectivity index (χ1n) is 5.85. The molecule has 0 atom stereocenters. The number of thioether (sulfide) groups is 1. The van der Waals surface area contributed by atoms with Crippen molar-refractivity contribution < 1.29 is 9.90 Å². The highest BCUT2D eigenvalue weighted by Crippen LogP contribution is 2.34. The number of aliphatic hydroxyl groups is 1. The molecule has 1 aromatic rings. The molecule has 2 rings (SSSR count). The Labute approximate surface area is 111 Å². The van der Waals surface area contributed by atoms with Crippen LogP contribution in [0.25, 0.3) is 0 Å². The number of nitrogens with one attached hydrogen (secondary N) is 1. The molecule has 0 spiro atoms. The van der Waals surface area contributed by atoms with Crippen LogP contribution in [0.2, 0.25) is 0 Å². The van der Waals surface area contributed by atoms with Gasteiger partial charge >= 0.3 is 0 Å². The molecule has 2 N–H and O–H groups in total. The van der Waals surface area contributed by atoms with Crippen LogP contribution >= 0.6 is 11.8 Å². The van der Waals surface area contributed by atoms with Crippen LogP contribution in [-0.2, 0) is 4.79 Å². The Hall–Kier alpha value is -1.20. The Morgan fingerprint density at radius 2 is 2.22 bits per heavy atom. The van der Waals surface area contributed by atoms with E-state index < -0.39 is 5.60 Å². The Kier molecular flexibility index (Phi) is 3.54. The van der Waals surface area contributed by atoms with Crippen LogP contribution in [0.15, 0.2) is 23.1 Å². The number of carbonyl (C=O) groups is 1. The third-order valence-corrected chi connectivity index (χ3v) is 3.73. The minimum absolute atomic E-state index is 0.0368. The molecule has 18 heavy (non-hydrogen) atoms. The molecule has 0 saturated carbocycles. The van der Waals surface area contributed by atoms with Gasteiger partial charge in [0.25, 0.3) is 0 Å². The van der Waals surface area contributed by atoms with E-state index in [1.54, 1.807) is 25.6 Å². The van der Waals surface area contributed by atoms with Crippen molar-refractivity contribution in [3.05, 3.63) is 18.2 Å². The van der Waals surface area contributed by atoms with E-state index in [2.05, 4.69) is 5.32 Å². The fourth-order valence-electron chi connectivity index (χ4n) is 1.98. The van der Waals surface area contributed by atoms with Gasteiger partial charge in [-0.2, -0.15) is 0 Å². The average molecular weight is 266 g/mol. The van der Waals surface area contributed by atoms with E-state index in [1.165, 1.54) is 0 Å². The lowest BCUT2D eigenvalue weighted by Crippen LogP contribution is -2.36. The highest BCUT2D eigenvalue weighted by Gasteiger charge is 2.19. The van der Waals surface area contributed by atoms with Crippen molar-refractivity contribution in [2.75, 3.05) is 29.6 Å². The third kappa shape index (κ3) is 3.17. The van der Waals surface area contributed by atoms with Crippen LogP contribution in [0.5, 0.6) is 0 Å². The molecule has 4 nitrogen and oxygen atoms in total. The van der Waals surface area contributed by atoms with Crippen LogP contribution < -0.4 is 10.2 Å². The number of rotatable bonds is 3. The van der Waals surface area contributed by atoms with Gasteiger partial charge in [0.2, 0.25) is 5.91 Å². The van der Waals surface area contributed by atoms with E-state index in [0.717, 1.165) is 16.3 Å². The minimum Gasteiger partial charge on any atom is -0.389 e. The number of benzene rings is 1. The van der Waals surface area contributed by atoms with Gasteiger partial charge in [-0.05, 0) is 32.0 Å². The predicted octanol–water partition coefficient (Wildman–Crippen LogP) is 1.94. The van der Waals surface area contributed by atoms with Crippen molar-refractivity contribution in [3.8, 4) is 0 Å². The highest BCUT2D eigenvalue weighted by atomic mass is 32.2. The van der Waals surface area contributed by atoms with Gasteiger partial charge < -0.3 is 15.3 Å². The molecule has 0 aliphatic carbocycles. The molecule has 1 heterocycles. The molecule has 1 aliphatic rings. The van der Waals surface area contributed by atoms with Gasteiger partial charge in [-0.15, -0.1) is 11.8 Å². The first kappa shape index (κ1) is 13.2. The standard InChI is InChI=1S/C13H18N2O2S/c1-13(2,17)8-15(3)9-4-5-11-10(6-9)14-12(16)7-18-11/h4-6,17H,7-8H2,1-3H3,(H,14,16). The quantitative estimate of drug-likeness (QED) is 0.878. The molecule has 1 aliphatic heterocycles. The second kappa shape index (κ2) is 4.82. The lowest BCUT2D eigenvalue weighted by molar-refractivity contribution is -0.113. The number of carbonyl (C=O) groups excluding carboxylic acids is 1. The summed E-state index contributed by atoms with van der Waals surface area (Å²) in [6.45, 7) is 4.09. The van der Waals surface area contributed by atoms with E-state index in [-0.39, 0.29) is 5.91 Å². The number of fused-ring (bicyclic) bond motifs is 1. The Balaban J connectivity index is 2.20. The lowest BCUT2D eigenvalue weighted by atomic mass is 10.1. The van der Waals surface area contributed by atoms with Crippen LogP contribution in [-0.4, -0.2) is 36.0 Å². The first-order chi connectivity index (χ1) is 8.35. The summed E-state index contributed by atoms with van der Waals surface area (Å²) in [5.74, 6) is 0.515. The summed E-state index contributed by atoms with van der Waals surface area (Å²) < 4.78 is 0. The van der Waals surface area contributed by atoms with Crippen molar-refractivity contribution in [2.45, 2.75) is 24.3 Å². The molecule has 0 bridgehead atoms. The van der Waals surface area contributed by atoms with E-state index in [4.69, 9.17) is 0 Å². The van der Waals surface area contributed by atoms with E-state index >= 15 is 0 Å². The van der Waals surface area contributed by atoms with E-state index in [9.17, 15) is 9.90 Å². The van der Waals surface area contributed by atoms with Gasteiger partial charge in [-0.25, -0.2) is 0 Å². The number of hydrogen-bond acceptors (Lipinski definition) is 4. The van der Waals surface area contributed by atoms with E-state index in [0.29, 0.717) is 12.3 Å². The minimum atomic E-state index is -0.747. The molecule has 0 unspecified atom stereocenters. The maximum atomic E-state index is 11.4. The molecular formula is C13H18N2O2S. The molecular weight excluding hydrogens is 248 g/mol. The molecule has 0 fully saturated rings. The number of nitrogens with zero attached hydrogens (tertiary/aromatic N) is 1. The molecule has 0 saturated heterocycles. The van der Waals surface area contributed by atoms with Crippen molar-refractivity contribution in [2.24, 2.45) is 0 Å². The fourth-order valence-corrected chi connectivity index (χ4v) is 2.77. The zero-order valence-corrected chi connectivity index (χ0v) is 11.7. The Morgan fingerprint density at radius 3 is 2.89 bits per heavy atom. The molecule has 1 amide bonds. The van der Waals surface area contributed by atoms with Crippen molar-refractivity contribution in [1.29, 1.82) is 0 Å². The smallest absolute Gasteiger partial charge is 0.234 e. The average Bonchev–Trinajstić information content (AvgIpc) is 2.25. The Bertz CT molecular complexity index is 469. The SMILES string of the molecule is CN(CC(C)(C)O)c1ccc2c(c1)NC(=O)CS2. The van der Waals surface area contributed by atoms with Gasteiger partial charge in [0.1, 0.15) is 0 Å². The fraction of sp³-hybridized carbons (Fsp3) is 0.462. The molecule has 98 valence electrons. The highest BCUT2D eigenvalue weighted by molar-refractivity contribution is 8.00. The topological polar surface area (TPSA) is 52.6 Å². The second-order valence-corrected chi connectivity index (χ2v) is 6.20. The number of hydrogen-bond donors (Lipinski definition) is 2. The second-order valence-electron chi connectivity index (χ2n) is 5.19. The van der Waals surface area contributed by atoms with Gasteiger partial charge in [0.05, 0.1) is 17.0 Å². The summed E-state index contributed by atoms with van der Waals surface area (Å²) in [7, 11) is 1.93. The van der Waals surface area contributed by atoms with Crippen LogP contribution in [0.1, 0.15) is 13.8 Å². The largest absolute Gasteiger partial charge is 0.389 e. The van der Waals surface area contributed by atoms with Gasteiger partial charge in [0, 0.05) is 24.2 Å². The normalized spacial score (nSPS) is 15.0. The monoisotopic (exact) mass is 266 g/mol. The van der Waals surface area contributed by atoms with E-state index in [1.807, 2.05) is 30.1 Å². The molecule has 5 heteroatoms. The maximum Gasteiger partial charge on any atom is 0.234 e. The van der Waals surface area contributed by atoms with Crippen LogP contribution in [0.3, 0.4) is 0 Å². The van der Waals surface area contributed by atoms with Gasteiger partial charge in [-0.3, -0.25) is 4.79 Å².